The first-order valence-electron chi connectivity index (χ1n) is 5.95. The van der Waals surface area contributed by atoms with E-state index in [2.05, 4.69) is 21.2 Å². The van der Waals surface area contributed by atoms with E-state index in [1.807, 2.05) is 31.2 Å². The summed E-state index contributed by atoms with van der Waals surface area (Å²) < 4.78 is 0.860. The fraction of sp³-hybridized carbons (Fsp3) is 0.0667. The standard InChI is InChI=1S/C15H13BrN2OS/c1-9-5-6-10(14(17)20)8-13(9)18-15(19)11-3-2-4-12(16)7-11/h2-8H,1H3,(H2,17,20)(H,18,19). The molecule has 20 heavy (non-hydrogen) atoms. The van der Waals surface area contributed by atoms with Gasteiger partial charge in [-0.05, 0) is 36.8 Å². The third-order valence-electron chi connectivity index (χ3n) is 2.86. The number of nitrogens with two attached hydrogens (primary N) is 1. The lowest BCUT2D eigenvalue weighted by atomic mass is 10.1. The summed E-state index contributed by atoms with van der Waals surface area (Å²) >= 11 is 8.30. The second-order valence-electron chi connectivity index (χ2n) is 4.36. The molecule has 0 spiro atoms. The SMILES string of the molecule is Cc1ccc(C(N)=S)cc1NC(=O)c1cccc(Br)c1. The molecule has 0 bridgehead atoms. The Morgan fingerprint density at radius 2 is 1.95 bits per heavy atom. The third-order valence-corrected chi connectivity index (χ3v) is 3.59. The van der Waals surface area contributed by atoms with Crippen LogP contribution in [-0.4, -0.2) is 10.9 Å². The molecule has 0 saturated heterocycles. The highest BCUT2D eigenvalue weighted by Crippen LogP contribution is 2.19. The van der Waals surface area contributed by atoms with Gasteiger partial charge in [-0.15, -0.1) is 0 Å². The summed E-state index contributed by atoms with van der Waals surface area (Å²) in [6, 6.07) is 12.7. The lowest BCUT2D eigenvalue weighted by Gasteiger charge is -2.10. The van der Waals surface area contributed by atoms with Crippen LogP contribution in [0.2, 0.25) is 0 Å². The second kappa shape index (κ2) is 6.15. The first-order valence-corrected chi connectivity index (χ1v) is 7.15. The van der Waals surface area contributed by atoms with Crippen LogP contribution in [0.4, 0.5) is 5.69 Å². The predicted molar refractivity (Wildman–Crippen MR) is 89.2 cm³/mol. The van der Waals surface area contributed by atoms with Gasteiger partial charge >= 0.3 is 0 Å². The molecule has 0 radical (unpaired) electrons. The molecular weight excluding hydrogens is 336 g/mol. The Morgan fingerprint density at radius 3 is 2.60 bits per heavy atom. The summed E-state index contributed by atoms with van der Waals surface area (Å²) in [5.41, 5.74) is 8.58. The zero-order chi connectivity index (χ0) is 14.7. The highest BCUT2D eigenvalue weighted by atomic mass is 79.9. The molecule has 0 aliphatic heterocycles. The van der Waals surface area contributed by atoms with Crippen LogP contribution >= 0.6 is 28.1 Å². The van der Waals surface area contributed by atoms with Crippen molar-refractivity contribution in [1.29, 1.82) is 0 Å². The summed E-state index contributed by atoms with van der Waals surface area (Å²) in [7, 11) is 0. The van der Waals surface area contributed by atoms with Gasteiger partial charge in [-0.25, -0.2) is 0 Å². The monoisotopic (exact) mass is 348 g/mol. The number of carbonyl (C=O) groups is 1. The van der Waals surface area contributed by atoms with Gasteiger partial charge in [0.05, 0.1) is 0 Å². The predicted octanol–water partition coefficient (Wildman–Crippen LogP) is 3.64. The molecule has 3 nitrogen and oxygen atoms in total. The molecule has 1 amide bonds. The fourth-order valence-electron chi connectivity index (χ4n) is 1.73. The van der Waals surface area contributed by atoms with Gasteiger partial charge in [-0.3, -0.25) is 4.79 Å². The normalized spacial score (nSPS) is 10.1. The van der Waals surface area contributed by atoms with Crippen molar-refractivity contribution < 1.29 is 4.79 Å². The van der Waals surface area contributed by atoms with Gasteiger partial charge in [0.2, 0.25) is 0 Å². The van der Waals surface area contributed by atoms with Gasteiger partial charge in [0.15, 0.2) is 0 Å². The molecule has 2 rings (SSSR count). The number of hydrogen-bond acceptors (Lipinski definition) is 2. The number of anilines is 1. The molecule has 102 valence electrons. The molecule has 0 fully saturated rings. The Kier molecular flexibility index (Phi) is 4.52. The maximum absolute atomic E-state index is 12.2. The molecule has 0 unspecified atom stereocenters. The maximum Gasteiger partial charge on any atom is 0.255 e. The van der Waals surface area contributed by atoms with Crippen molar-refractivity contribution in [2.24, 2.45) is 5.73 Å². The van der Waals surface area contributed by atoms with Crippen LogP contribution in [0.25, 0.3) is 0 Å². The van der Waals surface area contributed by atoms with E-state index < -0.39 is 0 Å². The van der Waals surface area contributed by atoms with E-state index in [0.717, 1.165) is 15.6 Å². The van der Waals surface area contributed by atoms with Gasteiger partial charge in [-0.2, -0.15) is 0 Å². The average Bonchev–Trinajstić information content (AvgIpc) is 2.41. The highest BCUT2D eigenvalue weighted by Gasteiger charge is 2.09. The Bertz CT molecular complexity index is 685. The lowest BCUT2D eigenvalue weighted by Crippen LogP contribution is -2.15. The molecule has 0 aliphatic carbocycles. The summed E-state index contributed by atoms with van der Waals surface area (Å²) in [6.07, 6.45) is 0. The van der Waals surface area contributed by atoms with Crippen molar-refractivity contribution in [3.05, 3.63) is 63.6 Å². The Labute approximate surface area is 131 Å². The van der Waals surface area contributed by atoms with Gasteiger partial charge in [0.1, 0.15) is 4.99 Å². The largest absolute Gasteiger partial charge is 0.389 e. The van der Waals surface area contributed by atoms with Crippen molar-refractivity contribution in [3.8, 4) is 0 Å². The van der Waals surface area contributed by atoms with Crippen LogP contribution in [0.5, 0.6) is 0 Å². The number of aryl methyl sites for hydroxylation is 1. The van der Waals surface area contributed by atoms with Crippen LogP contribution in [0.15, 0.2) is 46.9 Å². The molecule has 0 atom stereocenters. The third kappa shape index (κ3) is 3.43. The quantitative estimate of drug-likeness (QED) is 0.832. The highest BCUT2D eigenvalue weighted by molar-refractivity contribution is 9.10. The van der Waals surface area contributed by atoms with E-state index in [4.69, 9.17) is 18.0 Å². The number of thiocarbonyl (C=S) groups is 1. The molecule has 2 aromatic rings. The number of halogens is 1. The Morgan fingerprint density at radius 1 is 1.20 bits per heavy atom. The summed E-state index contributed by atoms with van der Waals surface area (Å²) in [5.74, 6) is -0.172. The van der Waals surface area contributed by atoms with Crippen molar-refractivity contribution in [3.63, 3.8) is 0 Å². The van der Waals surface area contributed by atoms with E-state index in [0.29, 0.717) is 16.2 Å². The number of hydrogen-bond donors (Lipinski definition) is 2. The second-order valence-corrected chi connectivity index (χ2v) is 5.71. The first-order chi connectivity index (χ1) is 9.47. The van der Waals surface area contributed by atoms with Gasteiger partial charge in [0.25, 0.3) is 5.91 Å². The minimum absolute atomic E-state index is 0.172. The number of nitrogens with one attached hydrogen (secondary N) is 1. The first kappa shape index (κ1) is 14.7. The minimum atomic E-state index is -0.172. The fourth-order valence-corrected chi connectivity index (χ4v) is 2.26. The number of carbonyl (C=O) groups excluding carboxylic acids is 1. The van der Waals surface area contributed by atoms with Crippen LogP contribution in [-0.2, 0) is 0 Å². The number of rotatable bonds is 3. The lowest BCUT2D eigenvalue weighted by molar-refractivity contribution is 0.102. The van der Waals surface area contributed by atoms with Crippen LogP contribution in [0.3, 0.4) is 0 Å². The van der Waals surface area contributed by atoms with Gasteiger partial charge in [0, 0.05) is 21.3 Å². The summed E-state index contributed by atoms with van der Waals surface area (Å²) in [6.45, 7) is 1.92. The van der Waals surface area contributed by atoms with Crippen molar-refractivity contribution in [2.75, 3.05) is 5.32 Å². The molecule has 3 N–H and O–H groups in total. The van der Waals surface area contributed by atoms with Gasteiger partial charge in [-0.1, -0.05) is 46.3 Å². The number of amides is 1. The van der Waals surface area contributed by atoms with E-state index in [1.165, 1.54) is 0 Å². The van der Waals surface area contributed by atoms with Crippen LogP contribution < -0.4 is 11.1 Å². The zero-order valence-corrected chi connectivity index (χ0v) is 13.2. The topological polar surface area (TPSA) is 55.1 Å². The zero-order valence-electron chi connectivity index (χ0n) is 10.8. The van der Waals surface area contributed by atoms with Crippen molar-refractivity contribution in [1.82, 2.24) is 0 Å². The van der Waals surface area contributed by atoms with E-state index in [9.17, 15) is 4.79 Å². The number of benzene rings is 2. The van der Waals surface area contributed by atoms with Crippen molar-refractivity contribution in [2.45, 2.75) is 6.92 Å². The van der Waals surface area contributed by atoms with E-state index in [-0.39, 0.29) is 5.91 Å². The smallest absolute Gasteiger partial charge is 0.255 e. The summed E-state index contributed by atoms with van der Waals surface area (Å²) in [4.78, 5) is 12.5. The van der Waals surface area contributed by atoms with Crippen molar-refractivity contribution >= 4 is 44.7 Å². The van der Waals surface area contributed by atoms with E-state index >= 15 is 0 Å². The molecule has 2 aromatic carbocycles. The molecule has 5 heteroatoms. The molecular formula is C15H13BrN2OS. The van der Waals surface area contributed by atoms with Gasteiger partial charge < -0.3 is 11.1 Å². The molecule has 0 saturated carbocycles. The maximum atomic E-state index is 12.2. The Hall–Kier alpha value is -1.72. The van der Waals surface area contributed by atoms with Crippen LogP contribution in [0, 0.1) is 6.92 Å². The molecule has 0 aromatic heterocycles. The average molecular weight is 349 g/mol. The molecule has 0 heterocycles. The summed E-state index contributed by atoms with van der Waals surface area (Å²) in [5, 5.41) is 2.87. The van der Waals surface area contributed by atoms with E-state index in [1.54, 1.807) is 18.2 Å². The minimum Gasteiger partial charge on any atom is -0.389 e. The van der Waals surface area contributed by atoms with Crippen LogP contribution in [0.1, 0.15) is 21.5 Å². The Balaban J connectivity index is 2.27. The molecule has 0 aliphatic rings.